The van der Waals surface area contributed by atoms with E-state index in [1.54, 1.807) is 0 Å². The zero-order chi connectivity index (χ0) is 16.6. The zero-order valence-electron chi connectivity index (χ0n) is 13.9. The molecule has 1 N–H and O–H groups in total. The Hall–Kier alpha value is -2.04. The Kier molecular flexibility index (Phi) is 6.89. The van der Waals surface area contributed by atoms with E-state index >= 15 is 0 Å². The number of para-hydroxylation sites is 1. The van der Waals surface area contributed by atoms with Crippen LogP contribution in [0.15, 0.2) is 30.3 Å². The average Bonchev–Trinajstić information content (AvgIpc) is 2.44. The molecule has 0 fully saturated rings. The quantitative estimate of drug-likeness (QED) is 0.840. The summed E-state index contributed by atoms with van der Waals surface area (Å²) >= 11 is 0. The fourth-order valence-electron chi connectivity index (χ4n) is 1.94. The van der Waals surface area contributed by atoms with Crippen molar-refractivity contribution in [2.75, 3.05) is 19.7 Å². The van der Waals surface area contributed by atoms with E-state index < -0.39 is 0 Å². The first-order valence-corrected chi connectivity index (χ1v) is 7.58. The number of hydrogen-bond donors (Lipinski definition) is 1. The van der Waals surface area contributed by atoms with Crippen molar-refractivity contribution in [1.29, 1.82) is 0 Å². The molecule has 1 aromatic rings. The molecule has 0 spiro atoms. The van der Waals surface area contributed by atoms with E-state index in [2.05, 4.69) is 5.32 Å². The molecule has 0 saturated carbocycles. The van der Waals surface area contributed by atoms with Gasteiger partial charge < -0.3 is 15.0 Å². The Labute approximate surface area is 132 Å². The normalized spacial score (nSPS) is 10.9. The zero-order valence-corrected chi connectivity index (χ0v) is 13.9. The second-order valence-electron chi connectivity index (χ2n) is 6.12. The molecule has 0 aliphatic rings. The lowest BCUT2D eigenvalue weighted by molar-refractivity contribution is -0.136. The van der Waals surface area contributed by atoms with Gasteiger partial charge in [0.25, 0.3) is 0 Å². The summed E-state index contributed by atoms with van der Waals surface area (Å²) < 4.78 is 5.51. The maximum atomic E-state index is 12.1. The number of carbonyl (C=O) groups is 2. The SMILES string of the molecule is CCN(CC(=O)NC(C)(C)C)C(=O)CCOc1ccccc1. The Morgan fingerprint density at radius 2 is 1.82 bits per heavy atom. The third-order valence-electron chi connectivity index (χ3n) is 2.91. The van der Waals surface area contributed by atoms with Gasteiger partial charge in [-0.25, -0.2) is 0 Å². The molecular weight excluding hydrogens is 280 g/mol. The van der Waals surface area contributed by atoms with Gasteiger partial charge in [-0.1, -0.05) is 18.2 Å². The molecule has 5 heteroatoms. The van der Waals surface area contributed by atoms with Gasteiger partial charge in [-0.3, -0.25) is 9.59 Å². The van der Waals surface area contributed by atoms with Gasteiger partial charge in [0.1, 0.15) is 5.75 Å². The van der Waals surface area contributed by atoms with Crippen LogP contribution in [-0.4, -0.2) is 41.9 Å². The van der Waals surface area contributed by atoms with Gasteiger partial charge in [0.15, 0.2) is 0 Å². The second-order valence-corrected chi connectivity index (χ2v) is 6.12. The van der Waals surface area contributed by atoms with E-state index in [1.807, 2.05) is 58.0 Å². The van der Waals surface area contributed by atoms with Crippen molar-refractivity contribution in [2.45, 2.75) is 39.7 Å². The standard InChI is InChI=1S/C17H26N2O3/c1-5-19(13-15(20)18-17(2,3)4)16(21)11-12-22-14-9-7-6-8-10-14/h6-10H,5,11-13H2,1-4H3,(H,18,20). The highest BCUT2D eigenvalue weighted by Crippen LogP contribution is 2.09. The molecule has 122 valence electrons. The predicted octanol–water partition coefficient (Wildman–Crippen LogP) is 2.22. The Morgan fingerprint density at radius 3 is 2.36 bits per heavy atom. The molecule has 2 amide bonds. The minimum Gasteiger partial charge on any atom is -0.493 e. The maximum Gasteiger partial charge on any atom is 0.240 e. The van der Waals surface area contributed by atoms with Crippen molar-refractivity contribution in [1.82, 2.24) is 10.2 Å². The van der Waals surface area contributed by atoms with E-state index in [0.29, 0.717) is 13.2 Å². The molecule has 0 bridgehead atoms. The number of rotatable bonds is 7. The van der Waals surface area contributed by atoms with Crippen LogP contribution in [0.4, 0.5) is 0 Å². The molecule has 0 radical (unpaired) electrons. The summed E-state index contributed by atoms with van der Waals surface area (Å²) in [6, 6.07) is 9.36. The number of nitrogens with zero attached hydrogens (tertiary/aromatic N) is 1. The van der Waals surface area contributed by atoms with Crippen LogP contribution in [0.3, 0.4) is 0 Å². The van der Waals surface area contributed by atoms with E-state index in [9.17, 15) is 9.59 Å². The summed E-state index contributed by atoms with van der Waals surface area (Å²) in [5, 5.41) is 2.86. The lowest BCUT2D eigenvalue weighted by Crippen LogP contribution is -2.47. The number of hydrogen-bond acceptors (Lipinski definition) is 3. The third kappa shape index (κ3) is 7.11. The molecule has 22 heavy (non-hydrogen) atoms. The Bertz CT molecular complexity index is 480. The number of likely N-dealkylation sites (N-methyl/N-ethyl adjacent to an activating group) is 1. The Morgan fingerprint density at radius 1 is 1.18 bits per heavy atom. The highest BCUT2D eigenvalue weighted by molar-refractivity contribution is 5.85. The smallest absolute Gasteiger partial charge is 0.240 e. The number of carbonyl (C=O) groups excluding carboxylic acids is 2. The maximum absolute atomic E-state index is 12.1. The summed E-state index contributed by atoms with van der Waals surface area (Å²) in [5.41, 5.74) is -0.296. The van der Waals surface area contributed by atoms with Gasteiger partial charge in [0.05, 0.1) is 19.6 Å². The topological polar surface area (TPSA) is 58.6 Å². The molecule has 5 nitrogen and oxygen atoms in total. The summed E-state index contributed by atoms with van der Waals surface area (Å²) in [4.78, 5) is 25.6. The minimum absolute atomic E-state index is 0.0810. The van der Waals surface area contributed by atoms with Crippen LogP contribution in [0.25, 0.3) is 0 Å². The van der Waals surface area contributed by atoms with Gasteiger partial charge in [-0.2, -0.15) is 0 Å². The van der Waals surface area contributed by atoms with Crippen LogP contribution in [0, 0.1) is 0 Å². The molecule has 0 aromatic heterocycles. The molecule has 0 atom stereocenters. The number of ether oxygens (including phenoxy) is 1. The van der Waals surface area contributed by atoms with Crippen molar-refractivity contribution >= 4 is 11.8 Å². The average molecular weight is 306 g/mol. The van der Waals surface area contributed by atoms with Gasteiger partial charge in [0.2, 0.25) is 11.8 Å². The van der Waals surface area contributed by atoms with Crippen molar-refractivity contribution < 1.29 is 14.3 Å². The lowest BCUT2D eigenvalue weighted by Gasteiger charge is -2.25. The molecule has 0 saturated heterocycles. The highest BCUT2D eigenvalue weighted by Gasteiger charge is 2.19. The fraction of sp³-hybridized carbons (Fsp3) is 0.529. The number of benzene rings is 1. The van der Waals surface area contributed by atoms with Crippen LogP contribution in [0.2, 0.25) is 0 Å². The van der Waals surface area contributed by atoms with Crippen LogP contribution in [-0.2, 0) is 9.59 Å². The van der Waals surface area contributed by atoms with E-state index in [4.69, 9.17) is 4.74 Å². The Balaban J connectivity index is 2.39. The summed E-state index contributed by atoms with van der Waals surface area (Å²) in [6.07, 6.45) is 0.255. The molecular formula is C17H26N2O3. The van der Waals surface area contributed by atoms with Crippen LogP contribution in [0.1, 0.15) is 34.1 Å². The van der Waals surface area contributed by atoms with E-state index in [0.717, 1.165) is 5.75 Å². The molecule has 1 rings (SSSR count). The second kappa shape index (κ2) is 8.41. The molecule has 1 aromatic carbocycles. The van der Waals surface area contributed by atoms with Gasteiger partial charge >= 0.3 is 0 Å². The number of amides is 2. The van der Waals surface area contributed by atoms with Crippen LogP contribution >= 0.6 is 0 Å². The highest BCUT2D eigenvalue weighted by atomic mass is 16.5. The third-order valence-corrected chi connectivity index (χ3v) is 2.91. The van der Waals surface area contributed by atoms with Gasteiger partial charge in [-0.15, -0.1) is 0 Å². The van der Waals surface area contributed by atoms with E-state index in [-0.39, 0.29) is 30.3 Å². The molecule has 0 aliphatic heterocycles. The summed E-state index contributed by atoms with van der Waals surface area (Å²) in [5.74, 6) is 0.512. The molecule has 0 aliphatic carbocycles. The van der Waals surface area contributed by atoms with Gasteiger partial charge in [-0.05, 0) is 39.8 Å². The monoisotopic (exact) mass is 306 g/mol. The predicted molar refractivity (Wildman–Crippen MR) is 86.7 cm³/mol. The van der Waals surface area contributed by atoms with E-state index in [1.165, 1.54) is 4.90 Å². The van der Waals surface area contributed by atoms with Crippen molar-refractivity contribution in [3.63, 3.8) is 0 Å². The minimum atomic E-state index is -0.296. The number of nitrogens with one attached hydrogen (secondary N) is 1. The first-order valence-electron chi connectivity index (χ1n) is 7.58. The van der Waals surface area contributed by atoms with Crippen molar-refractivity contribution in [2.24, 2.45) is 0 Å². The lowest BCUT2D eigenvalue weighted by atomic mass is 10.1. The first kappa shape index (κ1) is 18.0. The fourth-order valence-corrected chi connectivity index (χ4v) is 1.94. The van der Waals surface area contributed by atoms with Crippen molar-refractivity contribution in [3.8, 4) is 5.75 Å². The first-order chi connectivity index (χ1) is 10.3. The molecule has 0 heterocycles. The van der Waals surface area contributed by atoms with Crippen LogP contribution in [0.5, 0.6) is 5.75 Å². The largest absolute Gasteiger partial charge is 0.493 e. The van der Waals surface area contributed by atoms with Crippen molar-refractivity contribution in [3.05, 3.63) is 30.3 Å². The van der Waals surface area contributed by atoms with Gasteiger partial charge in [0, 0.05) is 12.1 Å². The summed E-state index contributed by atoms with van der Waals surface area (Å²) in [7, 11) is 0. The molecule has 0 unspecified atom stereocenters. The van der Waals surface area contributed by atoms with Crippen LogP contribution < -0.4 is 10.1 Å². The summed E-state index contributed by atoms with van der Waals surface area (Å²) in [6.45, 7) is 8.49.